The number of halogens is 1. The number of hydrogen-bond acceptors (Lipinski definition) is 3. The fourth-order valence-electron chi connectivity index (χ4n) is 3.26. The monoisotopic (exact) mass is 333 g/mol. The summed E-state index contributed by atoms with van der Waals surface area (Å²) < 4.78 is 0.975. The molecule has 4 heteroatoms. The highest BCUT2D eigenvalue weighted by Gasteiger charge is 2.30. The molecular weight excluding hydrogens is 314 g/mol. The van der Waals surface area contributed by atoms with Crippen LogP contribution in [-0.2, 0) is 0 Å². The summed E-state index contributed by atoms with van der Waals surface area (Å²) in [5, 5.41) is 0. The second-order valence-electron chi connectivity index (χ2n) is 6.06. The molecule has 0 aromatic carbocycles. The van der Waals surface area contributed by atoms with E-state index in [0.717, 1.165) is 28.0 Å². The minimum absolute atomic E-state index is 0.544. The Kier molecular flexibility index (Phi) is 3.67. The van der Waals surface area contributed by atoms with E-state index in [1.807, 2.05) is 18.5 Å². The molecule has 1 aliphatic heterocycles. The number of nitrogens with zero attached hydrogens (tertiary/aromatic N) is 3. The zero-order valence-corrected chi connectivity index (χ0v) is 13.8. The van der Waals surface area contributed by atoms with Crippen LogP contribution < -0.4 is 4.90 Å². The van der Waals surface area contributed by atoms with Crippen molar-refractivity contribution in [2.45, 2.75) is 33.2 Å². The summed E-state index contributed by atoms with van der Waals surface area (Å²) in [6.45, 7) is 8.10. The van der Waals surface area contributed by atoms with Gasteiger partial charge in [0.25, 0.3) is 0 Å². The van der Waals surface area contributed by atoms with Gasteiger partial charge < -0.3 is 4.90 Å². The predicted molar refractivity (Wildman–Crippen MR) is 87.0 cm³/mol. The molecule has 3 heterocycles. The van der Waals surface area contributed by atoms with Crippen LogP contribution in [-0.4, -0.2) is 22.6 Å². The first kappa shape index (κ1) is 13.8. The molecule has 2 aromatic heterocycles. The Bertz CT molecular complexity index is 628. The normalized spacial score (nSPS) is 27.0. The summed E-state index contributed by atoms with van der Waals surface area (Å²) in [6.07, 6.45) is 5.05. The van der Waals surface area contributed by atoms with E-state index in [9.17, 15) is 0 Å². The van der Waals surface area contributed by atoms with Crippen LogP contribution in [0.2, 0.25) is 0 Å². The maximum atomic E-state index is 4.59. The van der Waals surface area contributed by atoms with Gasteiger partial charge in [-0.15, -0.1) is 0 Å². The van der Waals surface area contributed by atoms with Crippen molar-refractivity contribution in [3.8, 4) is 0 Å². The molecule has 3 rings (SSSR count). The fraction of sp³-hybridized carbons (Fsp3) is 0.500. The Balaban J connectivity index is 2.09. The smallest absolute Gasteiger partial charge is 0.112 e. The molecule has 2 aromatic rings. The van der Waals surface area contributed by atoms with Gasteiger partial charge in [-0.25, -0.2) is 0 Å². The molecule has 1 aliphatic rings. The van der Waals surface area contributed by atoms with Crippen molar-refractivity contribution in [2.75, 3.05) is 11.4 Å². The van der Waals surface area contributed by atoms with Crippen molar-refractivity contribution in [3.05, 3.63) is 29.0 Å². The van der Waals surface area contributed by atoms with Crippen molar-refractivity contribution in [2.24, 2.45) is 11.8 Å². The predicted octanol–water partition coefficient (Wildman–Crippen LogP) is 4.26. The standard InChI is InChI=1S/C16H20BrN3/c1-10-6-11(2)12(3)20(9-10)15-4-5-18-14-7-13(17)8-19-16(14)15/h4-5,7-8,10-12H,6,9H2,1-3H3. The van der Waals surface area contributed by atoms with Gasteiger partial charge in [-0.1, -0.05) is 13.8 Å². The Morgan fingerprint density at radius 3 is 2.85 bits per heavy atom. The van der Waals surface area contributed by atoms with Gasteiger partial charge in [0.05, 0.1) is 11.2 Å². The lowest BCUT2D eigenvalue weighted by molar-refractivity contribution is 0.297. The van der Waals surface area contributed by atoms with E-state index in [1.165, 1.54) is 12.1 Å². The van der Waals surface area contributed by atoms with E-state index >= 15 is 0 Å². The highest BCUT2D eigenvalue weighted by molar-refractivity contribution is 9.10. The quantitative estimate of drug-likeness (QED) is 0.780. The minimum atomic E-state index is 0.544. The molecule has 0 N–H and O–H groups in total. The largest absolute Gasteiger partial charge is 0.366 e. The van der Waals surface area contributed by atoms with Gasteiger partial charge in [0.2, 0.25) is 0 Å². The molecule has 0 radical (unpaired) electrons. The SMILES string of the molecule is CC1CC(C)C(C)N(c2ccnc3cc(Br)cnc23)C1. The van der Waals surface area contributed by atoms with Crippen LogP contribution in [0.4, 0.5) is 5.69 Å². The molecule has 0 saturated carbocycles. The van der Waals surface area contributed by atoms with Crippen molar-refractivity contribution in [1.29, 1.82) is 0 Å². The summed E-state index contributed by atoms with van der Waals surface area (Å²) in [5.74, 6) is 1.43. The van der Waals surface area contributed by atoms with Crippen LogP contribution in [0.25, 0.3) is 11.0 Å². The highest BCUT2D eigenvalue weighted by atomic mass is 79.9. The molecule has 106 valence electrons. The molecule has 0 amide bonds. The van der Waals surface area contributed by atoms with Crippen LogP contribution in [0.3, 0.4) is 0 Å². The average molecular weight is 334 g/mol. The Hall–Kier alpha value is -1.16. The van der Waals surface area contributed by atoms with E-state index < -0.39 is 0 Å². The molecule has 0 aliphatic carbocycles. The van der Waals surface area contributed by atoms with E-state index in [1.54, 1.807) is 0 Å². The highest BCUT2D eigenvalue weighted by Crippen LogP contribution is 2.34. The van der Waals surface area contributed by atoms with Crippen LogP contribution in [0.15, 0.2) is 29.0 Å². The van der Waals surface area contributed by atoms with Crippen LogP contribution >= 0.6 is 15.9 Å². The van der Waals surface area contributed by atoms with Gasteiger partial charge in [0, 0.05) is 29.5 Å². The lowest BCUT2D eigenvalue weighted by Crippen LogP contribution is -2.46. The molecule has 3 nitrogen and oxygen atoms in total. The lowest BCUT2D eigenvalue weighted by Gasteiger charge is -2.42. The molecule has 3 unspecified atom stereocenters. The number of hydrogen-bond donors (Lipinski definition) is 0. The van der Waals surface area contributed by atoms with Gasteiger partial charge in [0.1, 0.15) is 5.52 Å². The first-order chi connectivity index (χ1) is 9.56. The molecule has 3 atom stereocenters. The number of aromatic nitrogens is 2. The fourth-order valence-corrected chi connectivity index (χ4v) is 3.58. The first-order valence-electron chi connectivity index (χ1n) is 7.23. The zero-order valence-electron chi connectivity index (χ0n) is 12.2. The van der Waals surface area contributed by atoms with E-state index in [0.29, 0.717) is 12.0 Å². The van der Waals surface area contributed by atoms with E-state index in [-0.39, 0.29) is 0 Å². The third-order valence-electron chi connectivity index (χ3n) is 4.43. The number of piperidine rings is 1. The van der Waals surface area contributed by atoms with Gasteiger partial charge in [-0.2, -0.15) is 0 Å². The summed E-state index contributed by atoms with van der Waals surface area (Å²) in [4.78, 5) is 11.5. The van der Waals surface area contributed by atoms with Crippen molar-refractivity contribution >= 4 is 32.7 Å². The number of fused-ring (bicyclic) bond motifs is 1. The minimum Gasteiger partial charge on any atom is -0.366 e. The van der Waals surface area contributed by atoms with E-state index in [2.05, 4.69) is 57.6 Å². The third-order valence-corrected chi connectivity index (χ3v) is 4.86. The average Bonchev–Trinajstić information content (AvgIpc) is 2.42. The molecule has 0 spiro atoms. The second-order valence-corrected chi connectivity index (χ2v) is 6.98. The van der Waals surface area contributed by atoms with Crippen LogP contribution in [0.5, 0.6) is 0 Å². The van der Waals surface area contributed by atoms with Gasteiger partial charge in [-0.3, -0.25) is 9.97 Å². The summed E-state index contributed by atoms with van der Waals surface area (Å²) in [7, 11) is 0. The number of pyridine rings is 2. The number of rotatable bonds is 1. The number of anilines is 1. The van der Waals surface area contributed by atoms with Gasteiger partial charge in [0.15, 0.2) is 0 Å². The second kappa shape index (κ2) is 5.32. The molecule has 0 bridgehead atoms. The van der Waals surface area contributed by atoms with Crippen molar-refractivity contribution < 1.29 is 0 Å². The topological polar surface area (TPSA) is 29.0 Å². The first-order valence-corrected chi connectivity index (χ1v) is 8.02. The molecule has 20 heavy (non-hydrogen) atoms. The van der Waals surface area contributed by atoms with Crippen LogP contribution in [0.1, 0.15) is 27.2 Å². The summed E-state index contributed by atoms with van der Waals surface area (Å²) in [6, 6.07) is 4.68. The third kappa shape index (κ3) is 2.41. The zero-order chi connectivity index (χ0) is 14.3. The molecule has 1 fully saturated rings. The summed E-state index contributed by atoms with van der Waals surface area (Å²) in [5.41, 5.74) is 3.17. The Morgan fingerprint density at radius 1 is 1.25 bits per heavy atom. The summed E-state index contributed by atoms with van der Waals surface area (Å²) >= 11 is 3.47. The van der Waals surface area contributed by atoms with E-state index in [4.69, 9.17) is 0 Å². The van der Waals surface area contributed by atoms with Gasteiger partial charge >= 0.3 is 0 Å². The lowest BCUT2D eigenvalue weighted by atomic mass is 9.85. The maximum Gasteiger partial charge on any atom is 0.112 e. The van der Waals surface area contributed by atoms with Crippen molar-refractivity contribution in [1.82, 2.24) is 9.97 Å². The van der Waals surface area contributed by atoms with Gasteiger partial charge in [-0.05, 0) is 53.2 Å². The Morgan fingerprint density at radius 2 is 2.05 bits per heavy atom. The molecule has 1 saturated heterocycles. The molecular formula is C16H20BrN3. The van der Waals surface area contributed by atoms with Crippen LogP contribution in [0, 0.1) is 11.8 Å². The van der Waals surface area contributed by atoms with Crippen molar-refractivity contribution in [3.63, 3.8) is 0 Å². The maximum absolute atomic E-state index is 4.59. The Labute approximate surface area is 128 Å².